The molecule has 2 heterocycles. The zero-order valence-electron chi connectivity index (χ0n) is 9.32. The molecule has 5 nitrogen and oxygen atoms in total. The van der Waals surface area contributed by atoms with Gasteiger partial charge in [-0.3, -0.25) is 4.40 Å². The lowest BCUT2D eigenvalue weighted by atomic mass is 10.2. The van der Waals surface area contributed by atoms with E-state index in [1.54, 1.807) is 16.7 Å². The third-order valence-electron chi connectivity index (χ3n) is 2.70. The van der Waals surface area contributed by atoms with Gasteiger partial charge in [-0.1, -0.05) is 30.3 Å². The normalized spacial score (nSPS) is 10.7. The summed E-state index contributed by atoms with van der Waals surface area (Å²) in [6.45, 7) is 0. The van der Waals surface area contributed by atoms with Crippen molar-refractivity contribution in [2.45, 2.75) is 0 Å². The van der Waals surface area contributed by atoms with E-state index in [1.807, 2.05) is 30.3 Å². The highest BCUT2D eigenvalue weighted by atomic mass is 16.4. The van der Waals surface area contributed by atoms with Crippen molar-refractivity contribution in [1.82, 2.24) is 14.6 Å². The quantitative estimate of drug-likeness (QED) is 0.743. The molecule has 0 aliphatic rings. The third-order valence-corrected chi connectivity index (χ3v) is 2.70. The molecule has 0 saturated heterocycles. The minimum atomic E-state index is -1.01. The Balaban J connectivity index is 2.28. The average molecular weight is 239 g/mol. The van der Waals surface area contributed by atoms with Crippen molar-refractivity contribution >= 4 is 11.6 Å². The van der Waals surface area contributed by atoms with Crippen LogP contribution >= 0.6 is 0 Å². The van der Waals surface area contributed by atoms with E-state index < -0.39 is 5.97 Å². The monoisotopic (exact) mass is 239 g/mol. The summed E-state index contributed by atoms with van der Waals surface area (Å²) in [5.41, 5.74) is 1.39. The molecule has 0 fully saturated rings. The molecule has 0 atom stereocenters. The van der Waals surface area contributed by atoms with Crippen LogP contribution in [0.2, 0.25) is 0 Å². The van der Waals surface area contributed by atoms with E-state index in [0.29, 0.717) is 11.5 Å². The first-order chi connectivity index (χ1) is 8.77. The number of benzene rings is 1. The van der Waals surface area contributed by atoms with E-state index in [0.717, 1.165) is 5.56 Å². The Morgan fingerprint density at radius 3 is 2.56 bits per heavy atom. The maximum Gasteiger partial charge on any atom is 0.339 e. The first kappa shape index (κ1) is 10.5. The number of rotatable bonds is 2. The van der Waals surface area contributed by atoms with Crippen molar-refractivity contribution in [3.8, 4) is 11.4 Å². The molecule has 3 rings (SSSR count). The second-order valence-electron chi connectivity index (χ2n) is 3.81. The van der Waals surface area contributed by atoms with Crippen molar-refractivity contribution in [3.63, 3.8) is 0 Å². The summed E-state index contributed by atoms with van der Waals surface area (Å²) in [5.74, 6) is -0.374. The molecule has 1 N–H and O–H groups in total. The molecule has 2 aromatic heterocycles. The summed E-state index contributed by atoms with van der Waals surface area (Å²) in [6.07, 6.45) is 1.75. The minimum absolute atomic E-state index is 0.146. The predicted octanol–water partition coefficient (Wildman–Crippen LogP) is 2.09. The number of aromatic carboxylic acids is 1. The van der Waals surface area contributed by atoms with Gasteiger partial charge in [0.1, 0.15) is 5.56 Å². The molecular formula is C13H9N3O2. The lowest BCUT2D eigenvalue weighted by Crippen LogP contribution is -2.00. The maximum absolute atomic E-state index is 11.1. The van der Waals surface area contributed by atoms with Gasteiger partial charge < -0.3 is 5.11 Å². The average Bonchev–Trinajstić information content (AvgIpc) is 2.83. The lowest BCUT2D eigenvalue weighted by molar-refractivity contribution is 0.0698. The van der Waals surface area contributed by atoms with E-state index in [4.69, 9.17) is 5.11 Å². The molecule has 0 amide bonds. The number of carboxylic acid groups (broad SMARTS) is 1. The van der Waals surface area contributed by atoms with Gasteiger partial charge in [-0.05, 0) is 12.1 Å². The molecule has 1 aromatic carbocycles. The Kier molecular flexibility index (Phi) is 2.30. The van der Waals surface area contributed by atoms with Crippen LogP contribution in [0.3, 0.4) is 0 Å². The second-order valence-corrected chi connectivity index (χ2v) is 3.81. The van der Waals surface area contributed by atoms with Gasteiger partial charge in [0.05, 0.1) is 0 Å². The summed E-state index contributed by atoms with van der Waals surface area (Å²) >= 11 is 0. The van der Waals surface area contributed by atoms with Gasteiger partial charge in [0, 0.05) is 11.8 Å². The molecule has 3 aromatic rings. The van der Waals surface area contributed by atoms with Crippen LogP contribution in [0.4, 0.5) is 0 Å². The van der Waals surface area contributed by atoms with Gasteiger partial charge in [-0.2, -0.15) is 0 Å². The number of hydrogen-bond acceptors (Lipinski definition) is 3. The fourth-order valence-electron chi connectivity index (χ4n) is 1.87. The molecule has 0 aliphatic carbocycles. The molecule has 18 heavy (non-hydrogen) atoms. The maximum atomic E-state index is 11.1. The number of carbonyl (C=O) groups is 1. The topological polar surface area (TPSA) is 67.5 Å². The second kappa shape index (κ2) is 3.96. The Morgan fingerprint density at radius 2 is 1.83 bits per heavy atom. The van der Waals surface area contributed by atoms with Gasteiger partial charge in [-0.15, -0.1) is 10.2 Å². The van der Waals surface area contributed by atoms with E-state index in [9.17, 15) is 4.79 Å². The third kappa shape index (κ3) is 1.53. The summed E-state index contributed by atoms with van der Waals surface area (Å²) in [4.78, 5) is 11.1. The molecular weight excluding hydrogens is 230 g/mol. The van der Waals surface area contributed by atoms with E-state index in [1.165, 1.54) is 6.07 Å². The number of nitrogens with zero attached hydrogens (tertiary/aromatic N) is 3. The zero-order valence-corrected chi connectivity index (χ0v) is 9.32. The van der Waals surface area contributed by atoms with Crippen molar-refractivity contribution in [1.29, 1.82) is 0 Å². The molecule has 0 bridgehead atoms. The standard InChI is InChI=1S/C13H9N3O2/c17-13(18)10-7-4-8-16-11(14-15-12(10)16)9-5-2-1-3-6-9/h1-8H,(H,17,18). The smallest absolute Gasteiger partial charge is 0.339 e. The largest absolute Gasteiger partial charge is 0.478 e. The van der Waals surface area contributed by atoms with Crippen LogP contribution in [-0.4, -0.2) is 25.7 Å². The van der Waals surface area contributed by atoms with Crippen molar-refractivity contribution in [2.24, 2.45) is 0 Å². The number of fused-ring (bicyclic) bond motifs is 1. The Hall–Kier alpha value is -2.69. The fourth-order valence-corrected chi connectivity index (χ4v) is 1.87. The van der Waals surface area contributed by atoms with E-state index in [-0.39, 0.29) is 5.56 Å². The highest BCUT2D eigenvalue weighted by Gasteiger charge is 2.14. The summed E-state index contributed by atoms with van der Waals surface area (Å²) in [6, 6.07) is 12.7. The summed E-state index contributed by atoms with van der Waals surface area (Å²) < 4.78 is 1.68. The highest BCUT2D eigenvalue weighted by Crippen LogP contribution is 2.19. The molecule has 0 spiro atoms. The fraction of sp³-hybridized carbons (Fsp3) is 0. The van der Waals surface area contributed by atoms with Crippen molar-refractivity contribution in [3.05, 3.63) is 54.2 Å². The van der Waals surface area contributed by atoms with Crippen LogP contribution in [0, 0.1) is 0 Å². The minimum Gasteiger partial charge on any atom is -0.478 e. The van der Waals surface area contributed by atoms with Crippen LogP contribution in [0.25, 0.3) is 17.0 Å². The number of aromatic nitrogens is 3. The van der Waals surface area contributed by atoms with Gasteiger partial charge in [0.15, 0.2) is 11.5 Å². The summed E-state index contributed by atoms with van der Waals surface area (Å²) in [7, 11) is 0. The Morgan fingerprint density at radius 1 is 1.06 bits per heavy atom. The highest BCUT2D eigenvalue weighted by molar-refractivity contribution is 5.94. The number of pyridine rings is 1. The number of carboxylic acids is 1. The molecule has 5 heteroatoms. The van der Waals surface area contributed by atoms with Gasteiger partial charge in [0.25, 0.3) is 0 Å². The molecule has 88 valence electrons. The Bertz CT molecular complexity index is 719. The van der Waals surface area contributed by atoms with Crippen LogP contribution in [0.5, 0.6) is 0 Å². The van der Waals surface area contributed by atoms with E-state index >= 15 is 0 Å². The van der Waals surface area contributed by atoms with Gasteiger partial charge in [0.2, 0.25) is 0 Å². The molecule has 0 aliphatic heterocycles. The molecule has 0 radical (unpaired) electrons. The van der Waals surface area contributed by atoms with Crippen LogP contribution in [0.15, 0.2) is 48.7 Å². The SMILES string of the molecule is O=C(O)c1cccn2c(-c3ccccc3)nnc12. The van der Waals surface area contributed by atoms with E-state index in [2.05, 4.69) is 10.2 Å². The van der Waals surface area contributed by atoms with Gasteiger partial charge >= 0.3 is 5.97 Å². The van der Waals surface area contributed by atoms with Crippen molar-refractivity contribution < 1.29 is 9.90 Å². The predicted molar refractivity (Wildman–Crippen MR) is 65.4 cm³/mol. The summed E-state index contributed by atoms with van der Waals surface area (Å²) in [5, 5.41) is 17.1. The number of hydrogen-bond donors (Lipinski definition) is 1. The zero-order chi connectivity index (χ0) is 12.5. The van der Waals surface area contributed by atoms with Crippen LogP contribution in [-0.2, 0) is 0 Å². The van der Waals surface area contributed by atoms with Crippen LogP contribution in [0.1, 0.15) is 10.4 Å². The van der Waals surface area contributed by atoms with Gasteiger partial charge in [-0.25, -0.2) is 4.79 Å². The Labute approximate surface area is 102 Å². The molecule has 0 saturated carbocycles. The first-order valence-corrected chi connectivity index (χ1v) is 5.40. The van der Waals surface area contributed by atoms with Crippen molar-refractivity contribution in [2.75, 3.05) is 0 Å². The van der Waals surface area contributed by atoms with Crippen LogP contribution < -0.4 is 0 Å². The molecule has 0 unspecified atom stereocenters. The lowest BCUT2D eigenvalue weighted by Gasteiger charge is -2.00. The first-order valence-electron chi connectivity index (χ1n) is 5.40.